The quantitative estimate of drug-likeness (QED) is 0.547. The van der Waals surface area contributed by atoms with Crippen molar-refractivity contribution in [1.82, 2.24) is 9.97 Å². The van der Waals surface area contributed by atoms with Gasteiger partial charge in [0.25, 0.3) is 0 Å². The fourth-order valence-corrected chi connectivity index (χ4v) is 1.96. The van der Waals surface area contributed by atoms with Crippen molar-refractivity contribution >= 4 is 11.6 Å². The normalized spacial score (nSPS) is 12.2. The Labute approximate surface area is 112 Å². The predicted molar refractivity (Wildman–Crippen MR) is 74.6 cm³/mol. The molecule has 19 heavy (non-hydrogen) atoms. The van der Waals surface area contributed by atoms with Gasteiger partial charge in [0.05, 0.1) is 12.3 Å². The third kappa shape index (κ3) is 3.03. The third-order valence-corrected chi connectivity index (χ3v) is 2.91. The van der Waals surface area contributed by atoms with E-state index < -0.39 is 0 Å². The highest BCUT2D eigenvalue weighted by atomic mass is 16.3. The minimum atomic E-state index is 0.0335. The number of nitrogens with two attached hydrogens (primary N) is 1. The minimum Gasteiger partial charge on any atom is -0.467 e. The summed E-state index contributed by atoms with van der Waals surface area (Å²) in [5.74, 6) is 7.80. The molecule has 0 aliphatic carbocycles. The smallest absolute Gasteiger partial charge is 0.148 e. The third-order valence-electron chi connectivity index (χ3n) is 2.91. The number of nitrogen functional groups attached to an aromatic ring is 1. The minimum absolute atomic E-state index is 0.0335. The Morgan fingerprint density at radius 3 is 2.79 bits per heavy atom. The number of hydrazine groups is 1. The van der Waals surface area contributed by atoms with E-state index in [0.29, 0.717) is 5.82 Å². The zero-order valence-corrected chi connectivity index (χ0v) is 11.2. The molecule has 0 aromatic carbocycles. The van der Waals surface area contributed by atoms with E-state index in [1.165, 1.54) is 6.33 Å². The average Bonchev–Trinajstić information content (AvgIpc) is 2.95. The van der Waals surface area contributed by atoms with Gasteiger partial charge in [0.2, 0.25) is 0 Å². The van der Waals surface area contributed by atoms with Gasteiger partial charge in [-0.3, -0.25) is 0 Å². The van der Waals surface area contributed by atoms with Crippen molar-refractivity contribution in [1.29, 1.82) is 0 Å². The number of rotatable bonds is 6. The topological polar surface area (TPSA) is 89.0 Å². The van der Waals surface area contributed by atoms with Crippen molar-refractivity contribution in [3.8, 4) is 0 Å². The number of hydrogen-bond donors (Lipinski definition) is 3. The molecule has 6 nitrogen and oxygen atoms in total. The average molecular weight is 261 g/mol. The summed E-state index contributed by atoms with van der Waals surface area (Å²) >= 11 is 0. The van der Waals surface area contributed by atoms with Crippen molar-refractivity contribution in [3.05, 3.63) is 36.0 Å². The Morgan fingerprint density at radius 2 is 2.16 bits per heavy atom. The molecule has 0 spiro atoms. The first-order valence-corrected chi connectivity index (χ1v) is 6.36. The second kappa shape index (κ2) is 6.19. The zero-order chi connectivity index (χ0) is 13.7. The van der Waals surface area contributed by atoms with Crippen LogP contribution in [0.4, 0.5) is 11.6 Å². The van der Waals surface area contributed by atoms with Gasteiger partial charge in [-0.1, -0.05) is 13.3 Å². The highest BCUT2D eigenvalue weighted by Gasteiger charge is 2.14. The Balaban J connectivity index is 2.24. The van der Waals surface area contributed by atoms with Crippen molar-refractivity contribution in [2.75, 3.05) is 10.7 Å². The van der Waals surface area contributed by atoms with Gasteiger partial charge < -0.3 is 15.2 Å². The van der Waals surface area contributed by atoms with E-state index in [1.807, 2.05) is 19.1 Å². The monoisotopic (exact) mass is 261 g/mol. The molecule has 0 radical (unpaired) electrons. The summed E-state index contributed by atoms with van der Waals surface area (Å²) in [5.41, 5.74) is 3.61. The fraction of sp³-hybridized carbons (Fsp3) is 0.385. The van der Waals surface area contributed by atoms with Crippen LogP contribution in [0.15, 0.2) is 29.1 Å². The first-order valence-electron chi connectivity index (χ1n) is 6.36. The summed E-state index contributed by atoms with van der Waals surface area (Å²) in [4.78, 5) is 8.43. The summed E-state index contributed by atoms with van der Waals surface area (Å²) in [7, 11) is 0. The molecule has 0 bridgehead atoms. The predicted octanol–water partition coefficient (Wildman–Crippen LogP) is 2.48. The maximum absolute atomic E-state index is 5.49. The largest absolute Gasteiger partial charge is 0.467 e. The number of nitrogens with zero attached hydrogens (tertiary/aromatic N) is 2. The SMILES string of the molecule is CCCc1c(NN)ncnc1NC(C)c1ccco1. The highest BCUT2D eigenvalue weighted by molar-refractivity contribution is 5.57. The molecule has 0 saturated heterocycles. The molecule has 4 N–H and O–H groups in total. The van der Waals surface area contributed by atoms with Gasteiger partial charge in [-0.25, -0.2) is 15.8 Å². The van der Waals surface area contributed by atoms with Crippen LogP contribution in [0.5, 0.6) is 0 Å². The number of furan rings is 1. The Bertz CT molecular complexity index is 512. The van der Waals surface area contributed by atoms with Crippen molar-refractivity contribution in [3.63, 3.8) is 0 Å². The molecule has 2 heterocycles. The van der Waals surface area contributed by atoms with Crippen LogP contribution in [-0.4, -0.2) is 9.97 Å². The van der Waals surface area contributed by atoms with Crippen LogP contribution in [0.2, 0.25) is 0 Å². The summed E-state index contributed by atoms with van der Waals surface area (Å²) in [6.45, 7) is 4.12. The molecule has 0 saturated carbocycles. The van der Waals surface area contributed by atoms with Gasteiger partial charge >= 0.3 is 0 Å². The standard InChI is InChI=1S/C13H19N5O/c1-3-5-10-12(15-8-16-13(10)18-14)17-9(2)11-6-4-7-19-11/h4,6-9H,3,5,14H2,1-2H3,(H2,15,16,17,18). The van der Waals surface area contributed by atoms with Gasteiger partial charge in [-0.15, -0.1) is 0 Å². The van der Waals surface area contributed by atoms with Crippen LogP contribution < -0.4 is 16.6 Å². The second-order valence-corrected chi connectivity index (χ2v) is 4.33. The summed E-state index contributed by atoms with van der Waals surface area (Å²) in [5, 5.41) is 3.33. The lowest BCUT2D eigenvalue weighted by Gasteiger charge is -2.16. The molecule has 0 aliphatic rings. The van der Waals surface area contributed by atoms with Gasteiger partial charge in [-0.05, 0) is 25.5 Å². The molecule has 1 atom stereocenters. The van der Waals surface area contributed by atoms with E-state index >= 15 is 0 Å². The zero-order valence-electron chi connectivity index (χ0n) is 11.2. The number of aromatic nitrogens is 2. The number of anilines is 2. The lowest BCUT2D eigenvalue weighted by Crippen LogP contribution is -2.15. The van der Waals surface area contributed by atoms with Gasteiger partial charge in [0, 0.05) is 5.56 Å². The first kappa shape index (κ1) is 13.4. The molecule has 102 valence electrons. The number of hydrogen-bond acceptors (Lipinski definition) is 6. The van der Waals surface area contributed by atoms with E-state index in [9.17, 15) is 0 Å². The Morgan fingerprint density at radius 1 is 1.37 bits per heavy atom. The Kier molecular flexibility index (Phi) is 4.35. The van der Waals surface area contributed by atoms with Crippen molar-refractivity contribution in [2.45, 2.75) is 32.7 Å². The van der Waals surface area contributed by atoms with E-state index in [2.05, 4.69) is 27.6 Å². The summed E-state index contributed by atoms with van der Waals surface area (Å²) in [6, 6.07) is 3.83. The summed E-state index contributed by atoms with van der Waals surface area (Å²) in [6.07, 6.45) is 5.00. The molecule has 0 amide bonds. The van der Waals surface area contributed by atoms with Crippen LogP contribution in [0, 0.1) is 0 Å². The van der Waals surface area contributed by atoms with E-state index in [4.69, 9.17) is 10.3 Å². The van der Waals surface area contributed by atoms with Crippen LogP contribution in [0.3, 0.4) is 0 Å². The molecule has 0 aliphatic heterocycles. The maximum atomic E-state index is 5.49. The van der Waals surface area contributed by atoms with E-state index in [1.54, 1.807) is 6.26 Å². The molecule has 2 rings (SSSR count). The van der Waals surface area contributed by atoms with Crippen LogP contribution in [0.1, 0.15) is 37.6 Å². The maximum Gasteiger partial charge on any atom is 0.148 e. The van der Waals surface area contributed by atoms with Gasteiger partial charge in [-0.2, -0.15) is 0 Å². The molecule has 6 heteroatoms. The molecular formula is C13H19N5O. The first-order chi connectivity index (χ1) is 9.26. The van der Waals surface area contributed by atoms with Crippen LogP contribution >= 0.6 is 0 Å². The van der Waals surface area contributed by atoms with Crippen LogP contribution in [-0.2, 0) is 6.42 Å². The molecule has 0 fully saturated rings. The van der Waals surface area contributed by atoms with Crippen molar-refractivity contribution < 1.29 is 4.42 Å². The van der Waals surface area contributed by atoms with E-state index in [-0.39, 0.29) is 6.04 Å². The molecule has 2 aromatic heterocycles. The number of nitrogens with one attached hydrogen (secondary N) is 2. The van der Waals surface area contributed by atoms with E-state index in [0.717, 1.165) is 30.0 Å². The second-order valence-electron chi connectivity index (χ2n) is 4.33. The summed E-state index contributed by atoms with van der Waals surface area (Å²) < 4.78 is 5.38. The lowest BCUT2D eigenvalue weighted by atomic mass is 10.1. The molecular weight excluding hydrogens is 242 g/mol. The molecule has 1 unspecified atom stereocenters. The molecule has 2 aromatic rings. The van der Waals surface area contributed by atoms with Crippen LogP contribution in [0.25, 0.3) is 0 Å². The Hall–Kier alpha value is -2.08. The fourth-order valence-electron chi connectivity index (χ4n) is 1.96. The van der Waals surface area contributed by atoms with Gasteiger partial charge in [0.1, 0.15) is 23.7 Å². The van der Waals surface area contributed by atoms with Gasteiger partial charge in [0.15, 0.2) is 0 Å². The van der Waals surface area contributed by atoms with Crippen molar-refractivity contribution in [2.24, 2.45) is 5.84 Å². The highest BCUT2D eigenvalue weighted by Crippen LogP contribution is 2.25. The lowest BCUT2D eigenvalue weighted by molar-refractivity contribution is 0.490.